The van der Waals surface area contributed by atoms with Crippen molar-refractivity contribution in [2.45, 2.75) is 71.6 Å². The lowest BCUT2D eigenvalue weighted by Crippen LogP contribution is -2.43. The van der Waals surface area contributed by atoms with Crippen molar-refractivity contribution in [3.05, 3.63) is 40.0 Å². The Morgan fingerprint density at radius 3 is 2.50 bits per heavy atom. The molecular formula is C32H46ClN5O3S. The Kier molecular flexibility index (Phi) is 10.3. The van der Waals surface area contributed by atoms with Crippen molar-refractivity contribution in [3.63, 3.8) is 0 Å². The van der Waals surface area contributed by atoms with Crippen LogP contribution < -0.4 is 5.32 Å². The van der Waals surface area contributed by atoms with Gasteiger partial charge in [-0.2, -0.15) is 9.40 Å². The molecule has 0 spiro atoms. The van der Waals surface area contributed by atoms with E-state index in [2.05, 4.69) is 35.9 Å². The maximum atomic E-state index is 12.5. The number of hydrogen-bond donors (Lipinski definition) is 2. The van der Waals surface area contributed by atoms with Gasteiger partial charge < -0.3 is 15.3 Å². The van der Waals surface area contributed by atoms with E-state index in [-0.39, 0.29) is 6.54 Å². The van der Waals surface area contributed by atoms with E-state index in [1.165, 1.54) is 36.2 Å². The summed E-state index contributed by atoms with van der Waals surface area (Å²) in [6.07, 6.45) is 7.02. The maximum absolute atomic E-state index is 12.5. The summed E-state index contributed by atoms with van der Waals surface area (Å²) in [4.78, 5) is 2.39. The molecule has 1 aromatic carbocycles. The summed E-state index contributed by atoms with van der Waals surface area (Å²) in [5, 5.41) is 20.2. The lowest BCUT2D eigenvalue weighted by Gasteiger charge is -2.38. The highest BCUT2D eigenvalue weighted by Gasteiger charge is 2.32. The molecule has 3 aliphatic rings. The van der Waals surface area contributed by atoms with Crippen LogP contribution in [-0.2, 0) is 29.5 Å². The van der Waals surface area contributed by atoms with Crippen LogP contribution in [-0.4, -0.2) is 84.1 Å². The predicted octanol–water partition coefficient (Wildman–Crippen LogP) is 3.99. The fourth-order valence-corrected chi connectivity index (χ4v) is 7.68. The maximum Gasteiger partial charge on any atom is 0.211 e. The Balaban J connectivity index is 1.33. The molecule has 2 fully saturated rings. The highest BCUT2D eigenvalue weighted by atomic mass is 35.5. The fourth-order valence-electron chi connectivity index (χ4n) is 6.73. The van der Waals surface area contributed by atoms with Gasteiger partial charge in [0.2, 0.25) is 10.0 Å². The van der Waals surface area contributed by atoms with Crippen molar-refractivity contribution in [3.8, 4) is 23.1 Å². The van der Waals surface area contributed by atoms with Gasteiger partial charge >= 0.3 is 0 Å². The van der Waals surface area contributed by atoms with E-state index in [0.29, 0.717) is 37.0 Å². The third-order valence-corrected chi connectivity index (χ3v) is 10.7. The Morgan fingerprint density at radius 1 is 1.10 bits per heavy atom. The number of nitrogens with one attached hydrogen (secondary N) is 1. The number of aromatic nitrogens is 2. The van der Waals surface area contributed by atoms with Crippen molar-refractivity contribution < 1.29 is 13.5 Å². The molecule has 0 amide bonds. The van der Waals surface area contributed by atoms with Crippen molar-refractivity contribution in [1.82, 2.24) is 24.3 Å². The van der Waals surface area contributed by atoms with Crippen molar-refractivity contribution in [2.75, 3.05) is 45.5 Å². The number of benzene rings is 1. The number of rotatable bonds is 8. The minimum atomic E-state index is -3.36. The average Bonchev–Trinajstić information content (AvgIpc) is 3.31. The van der Waals surface area contributed by atoms with Crippen molar-refractivity contribution >= 4 is 21.6 Å². The van der Waals surface area contributed by atoms with Gasteiger partial charge in [0.15, 0.2) is 0 Å². The van der Waals surface area contributed by atoms with Crippen LogP contribution in [0.4, 0.5) is 0 Å². The zero-order valence-electron chi connectivity index (χ0n) is 25.3. The summed E-state index contributed by atoms with van der Waals surface area (Å²) < 4.78 is 28.3. The van der Waals surface area contributed by atoms with Crippen LogP contribution in [0.25, 0.3) is 11.3 Å². The van der Waals surface area contributed by atoms with Crippen molar-refractivity contribution in [2.24, 2.45) is 17.8 Å². The highest BCUT2D eigenvalue weighted by molar-refractivity contribution is 7.88. The third kappa shape index (κ3) is 7.77. The molecule has 2 aromatic rings. The van der Waals surface area contributed by atoms with Gasteiger partial charge in [-0.1, -0.05) is 43.4 Å². The molecule has 8 nitrogen and oxygen atoms in total. The number of piperidine rings is 2. The highest BCUT2D eigenvalue weighted by Crippen LogP contribution is 2.34. The van der Waals surface area contributed by atoms with E-state index < -0.39 is 16.1 Å². The average molecular weight is 616 g/mol. The van der Waals surface area contributed by atoms with E-state index in [9.17, 15) is 13.5 Å². The van der Waals surface area contributed by atoms with Crippen LogP contribution in [0.15, 0.2) is 18.2 Å². The molecular weight excluding hydrogens is 570 g/mol. The summed E-state index contributed by atoms with van der Waals surface area (Å²) in [5.74, 6) is 8.53. The first-order valence-corrected chi connectivity index (χ1v) is 17.7. The smallest absolute Gasteiger partial charge is 0.211 e. The van der Waals surface area contributed by atoms with Crippen molar-refractivity contribution in [1.29, 1.82) is 0 Å². The summed E-state index contributed by atoms with van der Waals surface area (Å²) in [5.41, 5.74) is 4.22. The molecule has 42 heavy (non-hydrogen) atoms. The van der Waals surface area contributed by atoms with Crippen LogP contribution >= 0.6 is 11.6 Å². The molecule has 3 aliphatic heterocycles. The molecule has 10 heteroatoms. The van der Waals surface area contributed by atoms with Crippen LogP contribution in [0.5, 0.6) is 0 Å². The van der Waals surface area contributed by atoms with Crippen LogP contribution in [0.2, 0.25) is 5.02 Å². The summed E-state index contributed by atoms with van der Waals surface area (Å²) in [6.45, 7) is 10.3. The Labute approximate surface area is 256 Å². The first-order valence-electron chi connectivity index (χ1n) is 15.5. The Hall–Kier alpha value is -1.93. The number of hydrogen-bond acceptors (Lipinski definition) is 6. The fraction of sp³-hybridized carbons (Fsp3) is 0.656. The second kappa shape index (κ2) is 13.8. The summed E-state index contributed by atoms with van der Waals surface area (Å²) in [6, 6.07) is 5.71. The predicted molar refractivity (Wildman–Crippen MR) is 169 cm³/mol. The van der Waals surface area contributed by atoms with E-state index >= 15 is 0 Å². The lowest BCUT2D eigenvalue weighted by atomic mass is 9.79. The number of fused-ring (bicyclic) bond motifs is 1. The number of β-amino-alcohol motifs (C(OH)–C–C–N with tert-alkyl or cyclic N) is 1. The molecule has 1 aromatic heterocycles. The van der Waals surface area contributed by atoms with Gasteiger partial charge in [-0.05, 0) is 81.7 Å². The molecule has 0 saturated carbocycles. The van der Waals surface area contributed by atoms with Gasteiger partial charge in [0.05, 0.1) is 29.6 Å². The molecule has 2 N–H and O–H groups in total. The second-order valence-electron chi connectivity index (χ2n) is 12.8. The van der Waals surface area contributed by atoms with Crippen LogP contribution in [0, 0.1) is 29.6 Å². The van der Waals surface area contributed by atoms with Crippen LogP contribution in [0.1, 0.15) is 62.8 Å². The number of sulfonamides is 1. The molecule has 0 aliphatic carbocycles. The molecule has 5 rings (SSSR count). The van der Waals surface area contributed by atoms with E-state index in [1.54, 1.807) is 0 Å². The van der Waals surface area contributed by atoms with Gasteiger partial charge in [-0.15, -0.1) is 0 Å². The molecule has 0 radical (unpaired) electrons. The largest absolute Gasteiger partial charge is 0.390 e. The minimum Gasteiger partial charge on any atom is -0.390 e. The summed E-state index contributed by atoms with van der Waals surface area (Å²) in [7, 11) is -3.36. The second-order valence-corrected chi connectivity index (χ2v) is 15.2. The monoisotopic (exact) mass is 615 g/mol. The van der Waals surface area contributed by atoms with Gasteiger partial charge in [0, 0.05) is 54.9 Å². The SMILES string of the molecule is CC(C)CC#Cc1cc(-c2nn(C[C@@H](O)CN3CCC(C4CCNCC4)CC3)c3c2CN(S(C)(=O)=O)CC3)ccc1Cl. The molecule has 1 atom stereocenters. The topological polar surface area (TPSA) is 90.7 Å². The molecule has 0 unspecified atom stereocenters. The molecule has 230 valence electrons. The van der Waals surface area contributed by atoms with Gasteiger partial charge in [0.25, 0.3) is 0 Å². The standard InChI is InChI=1S/C32H46ClN5O3S/c1-23(2)5-4-6-26-19-27(7-8-30(26)33)32-29-22-37(42(3,40)41)18-13-31(29)38(35-32)21-28(39)20-36-16-11-25(12-17-36)24-9-14-34-15-10-24/h7-8,19,23-25,28,34,39H,5,9-18,20-22H2,1-3H3/t28-/m0/s1. The summed E-state index contributed by atoms with van der Waals surface area (Å²) >= 11 is 6.49. The Morgan fingerprint density at radius 2 is 1.81 bits per heavy atom. The molecule has 4 heterocycles. The number of aliphatic hydroxyl groups excluding tert-OH is 1. The molecule has 2 saturated heterocycles. The normalized spacial score (nSPS) is 20.3. The first-order chi connectivity index (χ1) is 20.1. The zero-order chi connectivity index (χ0) is 29.9. The number of halogens is 1. The number of likely N-dealkylation sites (tertiary alicyclic amines) is 1. The van der Waals surface area contributed by atoms with Gasteiger partial charge in [-0.25, -0.2) is 8.42 Å². The number of nitrogens with zero attached hydrogens (tertiary/aromatic N) is 4. The third-order valence-electron chi connectivity index (χ3n) is 9.08. The van der Waals surface area contributed by atoms with E-state index in [4.69, 9.17) is 16.7 Å². The van der Waals surface area contributed by atoms with E-state index in [0.717, 1.165) is 72.5 Å². The molecule has 0 bridgehead atoms. The minimum absolute atomic E-state index is 0.265. The van der Waals surface area contributed by atoms with Gasteiger partial charge in [0.1, 0.15) is 0 Å². The van der Waals surface area contributed by atoms with E-state index in [1.807, 2.05) is 22.9 Å². The zero-order valence-corrected chi connectivity index (χ0v) is 26.9. The lowest BCUT2D eigenvalue weighted by molar-refractivity contribution is 0.0631. The quantitative estimate of drug-likeness (QED) is 0.437. The number of aliphatic hydroxyl groups is 1. The van der Waals surface area contributed by atoms with Gasteiger partial charge in [-0.3, -0.25) is 4.68 Å². The van der Waals surface area contributed by atoms with Crippen LogP contribution in [0.3, 0.4) is 0 Å². The first kappa shape index (κ1) is 31.5. The Bertz CT molecular complexity index is 1400.